The zero-order chi connectivity index (χ0) is 13.0. The molecule has 1 fully saturated rings. The molecule has 0 amide bonds. The minimum Gasteiger partial charge on any atom is -0.404 e. The maximum atomic E-state index is 10.5. The molecule has 0 unspecified atom stereocenters. The lowest BCUT2D eigenvalue weighted by atomic mass is 10.2. The first-order valence-corrected chi connectivity index (χ1v) is 6.28. The van der Waals surface area contributed by atoms with E-state index in [2.05, 4.69) is 4.90 Å². The summed E-state index contributed by atoms with van der Waals surface area (Å²) in [7, 11) is 0. The van der Waals surface area contributed by atoms with Gasteiger partial charge in [0.2, 0.25) is 0 Å². The highest BCUT2D eigenvalue weighted by atomic mass is 16.6. The van der Waals surface area contributed by atoms with Gasteiger partial charge < -0.3 is 9.52 Å². The van der Waals surface area contributed by atoms with Crippen LogP contribution in [0.25, 0.3) is 0 Å². The SMILES string of the molecule is O=[N+]([O-])c1ccc(CN(CCO)C2CCCC2)o1. The predicted molar refractivity (Wildman–Crippen MR) is 65.1 cm³/mol. The highest BCUT2D eigenvalue weighted by molar-refractivity contribution is 5.17. The van der Waals surface area contributed by atoms with Gasteiger partial charge in [-0.3, -0.25) is 15.0 Å². The summed E-state index contributed by atoms with van der Waals surface area (Å²) in [6, 6.07) is 3.47. The highest BCUT2D eigenvalue weighted by Gasteiger charge is 2.23. The molecular weight excluding hydrogens is 236 g/mol. The zero-order valence-corrected chi connectivity index (χ0v) is 10.2. The Morgan fingerprint density at radius 1 is 1.44 bits per heavy atom. The summed E-state index contributed by atoms with van der Waals surface area (Å²) >= 11 is 0. The maximum Gasteiger partial charge on any atom is 0.433 e. The van der Waals surface area contributed by atoms with Gasteiger partial charge >= 0.3 is 5.88 Å². The molecule has 0 aromatic carbocycles. The lowest BCUT2D eigenvalue weighted by Gasteiger charge is -2.26. The van der Waals surface area contributed by atoms with E-state index >= 15 is 0 Å². The minimum absolute atomic E-state index is 0.0965. The second kappa shape index (κ2) is 5.97. The molecule has 1 saturated carbocycles. The van der Waals surface area contributed by atoms with Crippen molar-refractivity contribution < 1.29 is 14.4 Å². The third kappa shape index (κ3) is 3.08. The first kappa shape index (κ1) is 13.0. The van der Waals surface area contributed by atoms with E-state index < -0.39 is 4.92 Å². The summed E-state index contributed by atoms with van der Waals surface area (Å²) in [6.07, 6.45) is 4.68. The van der Waals surface area contributed by atoms with Crippen LogP contribution in [0.15, 0.2) is 16.5 Å². The molecule has 0 aliphatic heterocycles. The fourth-order valence-corrected chi connectivity index (χ4v) is 2.54. The third-order valence-electron chi connectivity index (χ3n) is 3.41. The molecule has 0 bridgehead atoms. The van der Waals surface area contributed by atoms with Crippen molar-refractivity contribution in [3.63, 3.8) is 0 Å². The van der Waals surface area contributed by atoms with E-state index in [-0.39, 0.29) is 12.5 Å². The van der Waals surface area contributed by atoms with E-state index in [0.717, 1.165) is 12.8 Å². The normalized spacial score (nSPS) is 16.6. The van der Waals surface area contributed by atoms with Crippen molar-refractivity contribution in [2.45, 2.75) is 38.3 Å². The Kier molecular flexibility index (Phi) is 4.33. The molecule has 6 heteroatoms. The molecule has 0 atom stereocenters. The molecule has 0 saturated heterocycles. The molecule has 1 N–H and O–H groups in total. The van der Waals surface area contributed by atoms with Gasteiger partial charge in [-0.2, -0.15) is 0 Å². The van der Waals surface area contributed by atoms with E-state index in [4.69, 9.17) is 9.52 Å². The second-order valence-corrected chi connectivity index (χ2v) is 4.63. The summed E-state index contributed by atoms with van der Waals surface area (Å²) in [5.41, 5.74) is 0. The van der Waals surface area contributed by atoms with Gasteiger partial charge in [-0.1, -0.05) is 12.8 Å². The Labute approximate surface area is 105 Å². The lowest BCUT2D eigenvalue weighted by Crippen LogP contribution is -2.34. The molecule has 2 rings (SSSR count). The Balaban J connectivity index is 2.00. The average molecular weight is 254 g/mol. The van der Waals surface area contributed by atoms with Crippen LogP contribution in [-0.2, 0) is 6.54 Å². The van der Waals surface area contributed by atoms with Crippen molar-refractivity contribution in [3.05, 3.63) is 28.0 Å². The molecule has 0 radical (unpaired) electrons. The van der Waals surface area contributed by atoms with E-state index in [1.165, 1.54) is 18.9 Å². The molecule has 1 aromatic rings. The standard InChI is InChI=1S/C12H18N2O4/c15-8-7-13(10-3-1-2-4-10)9-11-5-6-12(18-11)14(16)17/h5-6,10,15H,1-4,7-9H2. The minimum atomic E-state index is -0.532. The molecule has 1 aromatic heterocycles. The number of rotatable bonds is 6. The fraction of sp³-hybridized carbons (Fsp3) is 0.667. The van der Waals surface area contributed by atoms with E-state index in [0.29, 0.717) is 24.9 Å². The van der Waals surface area contributed by atoms with Crippen LogP contribution in [-0.4, -0.2) is 34.1 Å². The number of furan rings is 1. The van der Waals surface area contributed by atoms with Crippen LogP contribution < -0.4 is 0 Å². The second-order valence-electron chi connectivity index (χ2n) is 4.63. The van der Waals surface area contributed by atoms with E-state index in [1.807, 2.05) is 0 Å². The topological polar surface area (TPSA) is 79.8 Å². The number of nitrogens with zero attached hydrogens (tertiary/aromatic N) is 2. The third-order valence-corrected chi connectivity index (χ3v) is 3.41. The Morgan fingerprint density at radius 2 is 2.17 bits per heavy atom. The smallest absolute Gasteiger partial charge is 0.404 e. The zero-order valence-electron chi connectivity index (χ0n) is 10.2. The predicted octanol–water partition coefficient (Wildman–Crippen LogP) is 1.92. The van der Waals surface area contributed by atoms with Crippen molar-refractivity contribution in [2.24, 2.45) is 0 Å². The first-order chi connectivity index (χ1) is 8.70. The lowest BCUT2D eigenvalue weighted by molar-refractivity contribution is -0.402. The Bertz CT molecular complexity index is 399. The van der Waals surface area contributed by atoms with E-state index in [1.54, 1.807) is 6.07 Å². The molecular formula is C12H18N2O4. The summed E-state index contributed by atoms with van der Waals surface area (Å²) in [5.74, 6) is 0.363. The average Bonchev–Trinajstić information content (AvgIpc) is 2.99. The molecule has 100 valence electrons. The van der Waals surface area contributed by atoms with Gasteiger partial charge in [0, 0.05) is 12.6 Å². The van der Waals surface area contributed by atoms with Crippen LogP contribution in [0.3, 0.4) is 0 Å². The number of nitro groups is 1. The quantitative estimate of drug-likeness (QED) is 0.619. The monoisotopic (exact) mass is 254 g/mol. The van der Waals surface area contributed by atoms with Crippen LogP contribution in [0.5, 0.6) is 0 Å². The van der Waals surface area contributed by atoms with Crippen LogP contribution >= 0.6 is 0 Å². The first-order valence-electron chi connectivity index (χ1n) is 6.28. The van der Waals surface area contributed by atoms with Crippen molar-refractivity contribution in [3.8, 4) is 0 Å². The number of hydrogen-bond acceptors (Lipinski definition) is 5. The Hall–Kier alpha value is -1.40. The van der Waals surface area contributed by atoms with Gasteiger partial charge in [0.05, 0.1) is 19.2 Å². The molecule has 1 aliphatic rings. The van der Waals surface area contributed by atoms with Crippen LogP contribution in [0.4, 0.5) is 5.88 Å². The molecule has 1 aliphatic carbocycles. The van der Waals surface area contributed by atoms with Gasteiger partial charge in [-0.05, 0) is 18.9 Å². The van der Waals surface area contributed by atoms with Gasteiger partial charge in [-0.15, -0.1) is 0 Å². The van der Waals surface area contributed by atoms with Crippen LogP contribution in [0.2, 0.25) is 0 Å². The summed E-state index contributed by atoms with van der Waals surface area (Å²) in [6.45, 7) is 1.21. The summed E-state index contributed by atoms with van der Waals surface area (Å²) < 4.78 is 5.16. The van der Waals surface area contributed by atoms with Gasteiger partial charge in [0.1, 0.15) is 10.7 Å². The van der Waals surface area contributed by atoms with Crippen LogP contribution in [0, 0.1) is 10.1 Å². The van der Waals surface area contributed by atoms with Crippen molar-refractivity contribution in [1.29, 1.82) is 0 Å². The van der Waals surface area contributed by atoms with Gasteiger partial charge in [0.25, 0.3) is 0 Å². The van der Waals surface area contributed by atoms with Crippen molar-refractivity contribution in [2.75, 3.05) is 13.2 Å². The maximum absolute atomic E-state index is 10.5. The van der Waals surface area contributed by atoms with Gasteiger partial charge in [-0.25, -0.2) is 0 Å². The number of aliphatic hydroxyl groups is 1. The van der Waals surface area contributed by atoms with Gasteiger partial charge in [0.15, 0.2) is 0 Å². The van der Waals surface area contributed by atoms with Crippen molar-refractivity contribution in [1.82, 2.24) is 4.90 Å². The summed E-state index contributed by atoms with van der Waals surface area (Å²) in [5, 5.41) is 19.6. The highest BCUT2D eigenvalue weighted by Crippen LogP contribution is 2.25. The molecule has 1 heterocycles. The van der Waals surface area contributed by atoms with Crippen LogP contribution in [0.1, 0.15) is 31.4 Å². The molecule has 6 nitrogen and oxygen atoms in total. The van der Waals surface area contributed by atoms with Crippen molar-refractivity contribution >= 4 is 5.88 Å². The van der Waals surface area contributed by atoms with E-state index in [9.17, 15) is 10.1 Å². The number of hydrogen-bond donors (Lipinski definition) is 1. The summed E-state index contributed by atoms with van der Waals surface area (Å²) in [4.78, 5) is 12.2. The largest absolute Gasteiger partial charge is 0.433 e. The molecule has 0 spiro atoms. The molecule has 18 heavy (non-hydrogen) atoms. The Morgan fingerprint density at radius 3 is 2.72 bits per heavy atom. The fourth-order valence-electron chi connectivity index (χ4n) is 2.54. The number of aliphatic hydroxyl groups excluding tert-OH is 1.